The van der Waals surface area contributed by atoms with Crippen LogP contribution in [0.4, 0.5) is 5.82 Å². The SMILES string of the molecule is O=C(O)c1ccc(S(=O)(=O)N2CCN(c3ncnc4sc5c(c34)CCC5)CC2)cc1. The number of thiophene rings is 1. The summed E-state index contributed by atoms with van der Waals surface area (Å²) in [4.78, 5) is 24.7. The van der Waals surface area contributed by atoms with Gasteiger partial charge in [-0.1, -0.05) is 0 Å². The van der Waals surface area contributed by atoms with Crippen LogP contribution in [-0.4, -0.2) is 59.9 Å². The number of aryl methyl sites for hydroxylation is 2. The third-order valence-corrected chi connectivity index (χ3v) is 8.87. The van der Waals surface area contributed by atoms with E-state index in [9.17, 15) is 13.2 Å². The lowest BCUT2D eigenvalue weighted by atomic mass is 10.1. The molecule has 1 aliphatic heterocycles. The molecule has 1 aliphatic carbocycles. The second-order valence-corrected chi connectivity index (χ2v) is 10.5. The highest BCUT2D eigenvalue weighted by molar-refractivity contribution is 7.89. The number of aromatic carboxylic acids is 1. The molecule has 1 saturated heterocycles. The Kier molecular flexibility index (Phi) is 4.72. The number of rotatable bonds is 4. The highest BCUT2D eigenvalue weighted by atomic mass is 32.2. The number of aromatic nitrogens is 2. The Morgan fingerprint density at radius 3 is 2.47 bits per heavy atom. The molecule has 3 aromatic rings. The number of piperazine rings is 1. The van der Waals surface area contributed by atoms with Crippen LogP contribution in [0.15, 0.2) is 35.5 Å². The summed E-state index contributed by atoms with van der Waals surface area (Å²) in [5, 5.41) is 10.1. The van der Waals surface area contributed by atoms with Crippen molar-refractivity contribution < 1.29 is 18.3 Å². The van der Waals surface area contributed by atoms with Gasteiger partial charge in [0.1, 0.15) is 17.0 Å². The van der Waals surface area contributed by atoms with Crippen molar-refractivity contribution in [3.63, 3.8) is 0 Å². The van der Waals surface area contributed by atoms with Crippen LogP contribution < -0.4 is 4.90 Å². The second-order valence-electron chi connectivity index (χ2n) is 7.46. The van der Waals surface area contributed by atoms with Gasteiger partial charge in [-0.25, -0.2) is 23.2 Å². The average Bonchev–Trinajstić information content (AvgIpc) is 3.35. The molecule has 0 saturated carbocycles. The summed E-state index contributed by atoms with van der Waals surface area (Å²) in [5.74, 6) is -0.175. The third kappa shape index (κ3) is 3.15. The molecular formula is C20H20N4O4S2. The lowest BCUT2D eigenvalue weighted by Gasteiger charge is -2.35. The van der Waals surface area contributed by atoms with Crippen molar-refractivity contribution in [2.75, 3.05) is 31.1 Å². The van der Waals surface area contributed by atoms with Gasteiger partial charge in [0, 0.05) is 31.1 Å². The lowest BCUT2D eigenvalue weighted by molar-refractivity contribution is 0.0696. The standard InChI is InChI=1S/C20H20N4O4S2/c25-20(26)13-4-6-14(7-5-13)30(27,28)24-10-8-23(9-11-24)18-17-15-2-1-3-16(15)29-19(17)22-12-21-18/h4-7,12H,1-3,8-11H2,(H,25,26). The van der Waals surface area contributed by atoms with Crippen molar-refractivity contribution in [1.29, 1.82) is 0 Å². The Bertz CT molecular complexity index is 1230. The van der Waals surface area contributed by atoms with Crippen molar-refractivity contribution in [2.45, 2.75) is 24.2 Å². The highest BCUT2D eigenvalue weighted by Crippen LogP contribution is 2.40. The van der Waals surface area contributed by atoms with Crippen molar-refractivity contribution in [2.24, 2.45) is 0 Å². The fraction of sp³-hybridized carbons (Fsp3) is 0.350. The molecule has 2 aliphatic rings. The molecule has 2 aromatic heterocycles. The lowest BCUT2D eigenvalue weighted by Crippen LogP contribution is -2.49. The van der Waals surface area contributed by atoms with Gasteiger partial charge >= 0.3 is 5.97 Å². The van der Waals surface area contributed by atoms with Gasteiger partial charge in [-0.15, -0.1) is 11.3 Å². The zero-order valence-electron chi connectivity index (χ0n) is 16.1. The van der Waals surface area contributed by atoms with Crippen molar-refractivity contribution in [3.05, 3.63) is 46.6 Å². The van der Waals surface area contributed by atoms with E-state index in [4.69, 9.17) is 5.11 Å². The molecule has 1 aromatic carbocycles. The number of benzene rings is 1. The van der Waals surface area contributed by atoms with Gasteiger partial charge in [-0.3, -0.25) is 0 Å². The summed E-state index contributed by atoms with van der Waals surface area (Å²) in [6.45, 7) is 1.79. The molecular weight excluding hydrogens is 424 g/mol. The molecule has 156 valence electrons. The van der Waals surface area contributed by atoms with Crippen LogP contribution in [0.3, 0.4) is 0 Å². The first-order chi connectivity index (χ1) is 14.4. The summed E-state index contributed by atoms with van der Waals surface area (Å²) in [6, 6.07) is 5.35. The Morgan fingerprint density at radius 1 is 1.03 bits per heavy atom. The minimum Gasteiger partial charge on any atom is -0.478 e. The zero-order valence-corrected chi connectivity index (χ0v) is 17.7. The van der Waals surface area contributed by atoms with Gasteiger partial charge in [-0.2, -0.15) is 4.31 Å². The number of carboxylic acid groups (broad SMARTS) is 1. The quantitative estimate of drug-likeness (QED) is 0.659. The molecule has 0 radical (unpaired) electrons. The molecule has 0 unspecified atom stereocenters. The Balaban J connectivity index is 1.37. The van der Waals surface area contributed by atoms with Crippen LogP contribution in [0.25, 0.3) is 10.2 Å². The van der Waals surface area contributed by atoms with E-state index in [1.54, 1.807) is 17.7 Å². The van der Waals surface area contributed by atoms with Crippen LogP contribution in [0.1, 0.15) is 27.2 Å². The fourth-order valence-electron chi connectivity index (χ4n) is 4.21. The Labute approximate surface area is 177 Å². The van der Waals surface area contributed by atoms with Crippen LogP contribution in [0.2, 0.25) is 0 Å². The van der Waals surface area contributed by atoms with Crippen LogP contribution in [-0.2, 0) is 22.9 Å². The molecule has 8 nitrogen and oxygen atoms in total. The van der Waals surface area contributed by atoms with E-state index in [1.807, 2.05) is 0 Å². The number of sulfonamides is 1. The normalized spacial score (nSPS) is 17.4. The minimum absolute atomic E-state index is 0.0647. The summed E-state index contributed by atoms with van der Waals surface area (Å²) in [6.07, 6.45) is 4.91. The Morgan fingerprint density at radius 2 is 1.77 bits per heavy atom. The van der Waals surface area contributed by atoms with Crippen LogP contribution in [0, 0.1) is 0 Å². The van der Waals surface area contributed by atoms with Gasteiger partial charge in [0.2, 0.25) is 10.0 Å². The Hall–Kier alpha value is -2.56. The molecule has 0 spiro atoms. The number of fused-ring (bicyclic) bond motifs is 3. The maximum absolute atomic E-state index is 13.0. The van der Waals surface area contributed by atoms with E-state index in [0.717, 1.165) is 35.3 Å². The first kappa shape index (κ1) is 19.4. The molecule has 10 heteroatoms. The largest absolute Gasteiger partial charge is 0.478 e. The fourth-order valence-corrected chi connectivity index (χ4v) is 6.86. The van der Waals surface area contributed by atoms with E-state index >= 15 is 0 Å². The zero-order chi connectivity index (χ0) is 20.9. The minimum atomic E-state index is -3.67. The van der Waals surface area contributed by atoms with Crippen LogP contribution in [0.5, 0.6) is 0 Å². The highest BCUT2D eigenvalue weighted by Gasteiger charge is 2.31. The molecule has 0 atom stereocenters. The number of carboxylic acids is 1. The first-order valence-electron chi connectivity index (χ1n) is 9.79. The summed E-state index contributed by atoms with van der Waals surface area (Å²) in [5.41, 5.74) is 1.43. The second kappa shape index (κ2) is 7.29. The van der Waals surface area contributed by atoms with Gasteiger partial charge in [0.25, 0.3) is 0 Å². The van der Waals surface area contributed by atoms with Gasteiger partial charge in [0.15, 0.2) is 0 Å². The maximum Gasteiger partial charge on any atom is 0.335 e. The summed E-state index contributed by atoms with van der Waals surface area (Å²) < 4.78 is 27.4. The molecule has 3 heterocycles. The predicted molar refractivity (Wildman–Crippen MR) is 114 cm³/mol. The number of hydrogen-bond donors (Lipinski definition) is 1. The number of hydrogen-bond acceptors (Lipinski definition) is 7. The first-order valence-corrected chi connectivity index (χ1v) is 12.0. The van der Waals surface area contributed by atoms with Crippen molar-refractivity contribution >= 4 is 43.4 Å². The molecule has 30 heavy (non-hydrogen) atoms. The monoisotopic (exact) mass is 444 g/mol. The van der Waals surface area contributed by atoms with Crippen molar-refractivity contribution in [1.82, 2.24) is 14.3 Å². The van der Waals surface area contributed by atoms with Gasteiger partial charge in [0.05, 0.1) is 15.8 Å². The molecule has 1 N–H and O–H groups in total. The summed E-state index contributed by atoms with van der Waals surface area (Å²) >= 11 is 1.74. The van der Waals surface area contributed by atoms with Gasteiger partial charge in [-0.05, 0) is 49.1 Å². The molecule has 0 amide bonds. The maximum atomic E-state index is 13.0. The van der Waals surface area contributed by atoms with E-state index in [2.05, 4.69) is 14.9 Å². The average molecular weight is 445 g/mol. The molecule has 5 rings (SSSR count). The predicted octanol–water partition coefficient (Wildman–Crippen LogP) is 2.39. The molecule has 0 bridgehead atoms. The number of anilines is 1. The smallest absolute Gasteiger partial charge is 0.335 e. The van der Waals surface area contributed by atoms with E-state index in [1.165, 1.54) is 39.0 Å². The van der Waals surface area contributed by atoms with Crippen LogP contribution >= 0.6 is 11.3 Å². The van der Waals surface area contributed by atoms with E-state index < -0.39 is 16.0 Å². The number of carbonyl (C=O) groups is 1. The molecule has 1 fully saturated rings. The topological polar surface area (TPSA) is 104 Å². The summed E-state index contributed by atoms with van der Waals surface area (Å²) in [7, 11) is -3.67. The third-order valence-electron chi connectivity index (χ3n) is 5.76. The van der Waals surface area contributed by atoms with E-state index in [-0.39, 0.29) is 10.5 Å². The number of nitrogens with zero attached hydrogens (tertiary/aromatic N) is 4. The van der Waals surface area contributed by atoms with Gasteiger partial charge < -0.3 is 10.0 Å². The van der Waals surface area contributed by atoms with E-state index in [0.29, 0.717) is 26.2 Å². The van der Waals surface area contributed by atoms with Crippen molar-refractivity contribution in [3.8, 4) is 0 Å².